The Kier molecular flexibility index (Phi) is 18.6. The number of terminal acetylenes is 1. The number of fused-ring (bicyclic) bond motifs is 8. The Morgan fingerprint density at radius 2 is 0.662 bits per heavy atom. The van der Waals surface area contributed by atoms with Crippen LogP contribution in [0.2, 0.25) is 0 Å². The summed E-state index contributed by atoms with van der Waals surface area (Å²) in [6.45, 7) is 15.7. The molecule has 7 aromatic rings. The summed E-state index contributed by atoms with van der Waals surface area (Å²) >= 11 is 0. The molecular weight excluding hydrogens is 945 g/mol. The molecule has 0 radical (unpaired) electrons. The van der Waals surface area contributed by atoms with Crippen molar-refractivity contribution in [2.45, 2.75) is 119 Å². The Morgan fingerprint density at radius 3 is 0.909 bits per heavy atom. The zero-order valence-corrected chi connectivity index (χ0v) is 46.4. The van der Waals surface area contributed by atoms with Crippen LogP contribution in [0.5, 0.6) is 17.2 Å². The maximum absolute atomic E-state index is 6.45. The van der Waals surface area contributed by atoms with Crippen LogP contribution in [-0.2, 0) is 0 Å². The van der Waals surface area contributed by atoms with E-state index in [1.54, 1.807) is 0 Å². The SMILES string of the molecule is C#Cc1ccc(-c2c3nc(c(-c4ccc(OCC(CC)CCCC)cc4)c4ccc([nH]4)c(-c4ccc(OCC(CC)CCCC)cc4)c4nc(c(-c5ccc(OCC(CC)CCCC)cc5)c5ccc2[nH]5)C=C4)C=C3)cc1. The Bertz CT molecular complexity index is 3270. The number of hydrogen-bond donors (Lipinski definition) is 2. The summed E-state index contributed by atoms with van der Waals surface area (Å²) < 4.78 is 19.3. The number of rotatable bonds is 25. The lowest BCUT2D eigenvalue weighted by atomic mass is 10.0. The van der Waals surface area contributed by atoms with Crippen molar-refractivity contribution in [3.8, 4) is 74.1 Å². The van der Waals surface area contributed by atoms with E-state index in [2.05, 4.69) is 191 Å². The molecule has 0 amide bonds. The van der Waals surface area contributed by atoms with Gasteiger partial charge >= 0.3 is 0 Å². The highest BCUT2D eigenvalue weighted by Crippen LogP contribution is 2.40. The van der Waals surface area contributed by atoms with Crippen molar-refractivity contribution in [2.24, 2.45) is 17.8 Å². The minimum Gasteiger partial charge on any atom is -0.493 e. The Hall–Kier alpha value is -7.56. The molecule has 4 aromatic carbocycles. The Morgan fingerprint density at radius 1 is 0.390 bits per heavy atom. The predicted molar refractivity (Wildman–Crippen MR) is 325 cm³/mol. The zero-order valence-electron chi connectivity index (χ0n) is 46.4. The topological polar surface area (TPSA) is 85.1 Å². The summed E-state index contributed by atoms with van der Waals surface area (Å²) in [7, 11) is 0. The fraction of sp³-hybridized carbons (Fsp3) is 0.343. The molecule has 0 saturated heterocycles. The molecule has 9 rings (SSSR count). The van der Waals surface area contributed by atoms with Crippen molar-refractivity contribution in [3.05, 3.63) is 150 Å². The van der Waals surface area contributed by atoms with Gasteiger partial charge < -0.3 is 24.2 Å². The van der Waals surface area contributed by atoms with Gasteiger partial charge in [-0.1, -0.05) is 154 Å². The second-order valence-corrected chi connectivity index (χ2v) is 21.0. The first-order chi connectivity index (χ1) is 37.8. The standard InChI is InChI=1S/C70H78N4O3/c1-8-15-18-49(12-5)45-75-56-31-25-53(26-32-56)68-61-39-37-59(71-61)67(52-23-21-48(11-4)22-24-52)60-38-40-62(72-60)69(54-27-33-57(34-28-54)76-46-50(13-6)19-16-9-2)64-42-44-66(74-64)70(65-43-41-63(68)73-65)55-29-35-58(36-30-55)77-47-51(14-7)20-17-10-3/h4,21-44,49-51,71,74H,8-10,12-20,45-47H2,1-3,5-7H3. The van der Waals surface area contributed by atoms with Gasteiger partial charge in [-0.25, -0.2) is 9.97 Å². The number of nitrogens with one attached hydrogen (secondary N) is 2. The number of unbranched alkanes of at least 4 members (excludes halogenated alkanes) is 3. The smallest absolute Gasteiger partial charge is 0.119 e. The maximum Gasteiger partial charge on any atom is 0.119 e. The summed E-state index contributed by atoms with van der Waals surface area (Å²) in [6, 6.07) is 42.5. The molecule has 5 heterocycles. The van der Waals surface area contributed by atoms with Crippen LogP contribution in [0, 0.1) is 30.1 Å². The van der Waals surface area contributed by atoms with Crippen molar-refractivity contribution in [1.29, 1.82) is 0 Å². The molecule has 2 aliphatic rings. The number of benzene rings is 4. The molecule has 0 spiro atoms. The summed E-state index contributed by atoms with van der Waals surface area (Å²) in [5.41, 5.74) is 15.9. The minimum absolute atomic E-state index is 0.534. The normalized spacial score (nSPS) is 13.1. The lowest BCUT2D eigenvalue weighted by Crippen LogP contribution is -2.11. The lowest BCUT2D eigenvalue weighted by Gasteiger charge is -2.16. The number of aromatic nitrogens is 4. The number of nitrogens with zero attached hydrogens (tertiary/aromatic N) is 2. The van der Waals surface area contributed by atoms with Gasteiger partial charge in [0.25, 0.3) is 0 Å². The summed E-state index contributed by atoms with van der Waals surface area (Å²) in [5, 5.41) is 0. The van der Waals surface area contributed by atoms with Gasteiger partial charge in [-0.05, 0) is 156 Å². The number of aromatic amines is 2. The molecule has 3 atom stereocenters. The van der Waals surface area contributed by atoms with E-state index in [1.807, 2.05) is 12.1 Å². The first-order valence-corrected chi connectivity index (χ1v) is 28.8. The van der Waals surface area contributed by atoms with Crippen LogP contribution in [0.25, 0.3) is 90.9 Å². The fourth-order valence-electron chi connectivity index (χ4n) is 10.6. The highest BCUT2D eigenvalue weighted by atomic mass is 16.5. The third kappa shape index (κ3) is 13.2. The minimum atomic E-state index is 0.534. The summed E-state index contributed by atoms with van der Waals surface area (Å²) in [4.78, 5) is 18.9. The van der Waals surface area contributed by atoms with Crippen molar-refractivity contribution >= 4 is 46.4 Å². The molecule has 3 unspecified atom stereocenters. The summed E-state index contributed by atoms with van der Waals surface area (Å²) in [6.07, 6.45) is 28.5. The van der Waals surface area contributed by atoms with Gasteiger partial charge in [0.1, 0.15) is 17.2 Å². The van der Waals surface area contributed by atoms with Crippen LogP contribution in [0.15, 0.2) is 121 Å². The molecule has 2 aliphatic heterocycles. The van der Waals surface area contributed by atoms with Crippen molar-refractivity contribution < 1.29 is 14.2 Å². The maximum atomic E-state index is 6.45. The second kappa shape index (κ2) is 26.5. The van der Waals surface area contributed by atoms with E-state index in [1.165, 1.54) is 57.8 Å². The molecular formula is C70H78N4O3. The van der Waals surface area contributed by atoms with Crippen LogP contribution < -0.4 is 14.2 Å². The van der Waals surface area contributed by atoms with E-state index < -0.39 is 0 Å². The van der Waals surface area contributed by atoms with Gasteiger partial charge in [0.15, 0.2) is 0 Å². The quantitative estimate of drug-likeness (QED) is 0.0557. The van der Waals surface area contributed by atoms with Crippen LogP contribution in [0.3, 0.4) is 0 Å². The van der Waals surface area contributed by atoms with Crippen LogP contribution >= 0.6 is 0 Å². The van der Waals surface area contributed by atoms with E-state index in [9.17, 15) is 0 Å². The fourth-order valence-corrected chi connectivity index (χ4v) is 10.6. The molecule has 0 saturated carbocycles. The first-order valence-electron chi connectivity index (χ1n) is 28.8. The second-order valence-electron chi connectivity index (χ2n) is 21.0. The molecule has 7 nitrogen and oxygen atoms in total. The Balaban J connectivity index is 1.25. The van der Waals surface area contributed by atoms with Gasteiger partial charge in [-0.3, -0.25) is 0 Å². The Labute approximate surface area is 458 Å². The third-order valence-corrected chi connectivity index (χ3v) is 15.6. The van der Waals surface area contributed by atoms with Gasteiger partial charge in [-0.2, -0.15) is 0 Å². The zero-order chi connectivity index (χ0) is 53.5. The average Bonchev–Trinajstić information content (AvgIpc) is 4.42. The largest absolute Gasteiger partial charge is 0.493 e. The lowest BCUT2D eigenvalue weighted by molar-refractivity contribution is 0.233. The highest BCUT2D eigenvalue weighted by Gasteiger charge is 2.20. The van der Waals surface area contributed by atoms with Gasteiger partial charge in [0.05, 0.1) is 42.6 Å². The molecule has 77 heavy (non-hydrogen) atoms. The van der Waals surface area contributed by atoms with E-state index >= 15 is 0 Å². The number of H-pyrrole nitrogens is 2. The van der Waals surface area contributed by atoms with Crippen molar-refractivity contribution in [3.63, 3.8) is 0 Å². The van der Waals surface area contributed by atoms with Crippen LogP contribution in [-0.4, -0.2) is 39.8 Å². The molecule has 2 N–H and O–H groups in total. The molecule has 8 bridgehead atoms. The van der Waals surface area contributed by atoms with E-state index in [-0.39, 0.29) is 0 Å². The molecule has 396 valence electrons. The average molecular weight is 1020 g/mol. The highest BCUT2D eigenvalue weighted by molar-refractivity contribution is 6.00. The van der Waals surface area contributed by atoms with Crippen LogP contribution in [0.4, 0.5) is 0 Å². The van der Waals surface area contributed by atoms with Crippen molar-refractivity contribution in [1.82, 2.24) is 19.9 Å². The first kappa shape index (κ1) is 54.2. The van der Waals surface area contributed by atoms with E-state index in [0.717, 1.165) is 131 Å². The van der Waals surface area contributed by atoms with E-state index in [4.69, 9.17) is 30.6 Å². The molecule has 7 heteroatoms. The summed E-state index contributed by atoms with van der Waals surface area (Å²) in [5.74, 6) is 7.00. The monoisotopic (exact) mass is 1020 g/mol. The number of hydrogen-bond acceptors (Lipinski definition) is 5. The molecule has 0 aliphatic carbocycles. The van der Waals surface area contributed by atoms with Crippen molar-refractivity contribution in [2.75, 3.05) is 19.8 Å². The predicted octanol–water partition coefficient (Wildman–Crippen LogP) is 19.1. The van der Waals surface area contributed by atoms with Crippen LogP contribution in [0.1, 0.15) is 147 Å². The van der Waals surface area contributed by atoms with Gasteiger partial charge in [-0.15, -0.1) is 6.42 Å². The number of ether oxygens (including phenoxy) is 3. The molecule has 0 fully saturated rings. The molecule has 3 aromatic heterocycles. The van der Waals surface area contributed by atoms with E-state index in [0.29, 0.717) is 37.6 Å². The van der Waals surface area contributed by atoms with Gasteiger partial charge in [0, 0.05) is 49.9 Å². The van der Waals surface area contributed by atoms with Gasteiger partial charge in [0.2, 0.25) is 0 Å². The third-order valence-electron chi connectivity index (χ3n) is 15.6.